The van der Waals surface area contributed by atoms with Gasteiger partial charge in [0.25, 0.3) is 0 Å². The first-order chi connectivity index (χ1) is 17.9. The number of hydrogen-bond acceptors (Lipinski definition) is 5. The number of benzene rings is 3. The zero-order valence-corrected chi connectivity index (χ0v) is 21.1. The van der Waals surface area contributed by atoms with Gasteiger partial charge in [0.15, 0.2) is 11.9 Å². The number of fused-ring (bicyclic) bond motifs is 1. The molecule has 0 aliphatic carbocycles. The molecule has 198 valence electrons. The third kappa shape index (κ3) is 5.40. The molecule has 0 aliphatic heterocycles. The van der Waals surface area contributed by atoms with Crippen molar-refractivity contribution in [1.29, 1.82) is 0 Å². The Bertz CT molecular complexity index is 1530. The molecule has 1 heterocycles. The van der Waals surface area contributed by atoms with Gasteiger partial charge in [-0.15, -0.1) is 13.2 Å². The van der Waals surface area contributed by atoms with E-state index in [2.05, 4.69) is 4.74 Å². The van der Waals surface area contributed by atoms with Crippen LogP contribution in [0.15, 0.2) is 60.7 Å². The van der Waals surface area contributed by atoms with Gasteiger partial charge in [-0.2, -0.15) is 0 Å². The number of carboxylic acids is 1. The number of carbonyl (C=O) groups excluding carboxylic acids is 1. The smallest absolute Gasteiger partial charge is 0.497 e. The van der Waals surface area contributed by atoms with Crippen molar-refractivity contribution >= 4 is 34.3 Å². The maximum atomic E-state index is 13.6. The molecule has 0 saturated heterocycles. The van der Waals surface area contributed by atoms with Crippen molar-refractivity contribution < 1.29 is 42.1 Å². The first kappa shape index (κ1) is 26.9. The van der Waals surface area contributed by atoms with Crippen LogP contribution in [0.5, 0.6) is 17.2 Å². The number of rotatable bonds is 8. The van der Waals surface area contributed by atoms with Crippen LogP contribution in [0.2, 0.25) is 5.02 Å². The number of ketones is 1. The van der Waals surface area contributed by atoms with Gasteiger partial charge < -0.3 is 23.9 Å². The van der Waals surface area contributed by atoms with Crippen LogP contribution < -0.4 is 14.2 Å². The lowest BCUT2D eigenvalue weighted by atomic mass is 10.0. The number of ether oxygens (including phenoxy) is 3. The molecule has 0 fully saturated rings. The van der Waals surface area contributed by atoms with Gasteiger partial charge in [-0.25, -0.2) is 4.79 Å². The average molecular weight is 548 g/mol. The topological polar surface area (TPSA) is 87.0 Å². The summed E-state index contributed by atoms with van der Waals surface area (Å²) >= 11 is 6.48. The second-order valence-corrected chi connectivity index (χ2v) is 8.70. The van der Waals surface area contributed by atoms with Gasteiger partial charge in [0, 0.05) is 28.8 Å². The molecule has 7 nitrogen and oxygen atoms in total. The molecule has 0 amide bonds. The van der Waals surface area contributed by atoms with E-state index in [1.165, 1.54) is 42.9 Å². The van der Waals surface area contributed by atoms with Crippen molar-refractivity contribution in [2.75, 3.05) is 7.11 Å². The average Bonchev–Trinajstić information content (AvgIpc) is 3.14. The maximum Gasteiger partial charge on any atom is 0.573 e. The lowest BCUT2D eigenvalue weighted by molar-refractivity contribution is -0.274. The monoisotopic (exact) mass is 547 g/mol. The zero-order valence-electron chi connectivity index (χ0n) is 20.3. The van der Waals surface area contributed by atoms with Gasteiger partial charge in [-0.05, 0) is 62.4 Å². The lowest BCUT2D eigenvalue weighted by Gasteiger charge is -2.15. The van der Waals surface area contributed by atoms with E-state index in [0.29, 0.717) is 22.4 Å². The fraction of sp³-hybridized carbons (Fsp3) is 0.185. The molecule has 0 bridgehead atoms. The van der Waals surface area contributed by atoms with Gasteiger partial charge in [-0.1, -0.05) is 11.6 Å². The third-order valence-electron chi connectivity index (χ3n) is 5.81. The van der Waals surface area contributed by atoms with E-state index in [4.69, 9.17) is 21.1 Å². The van der Waals surface area contributed by atoms with Crippen LogP contribution >= 0.6 is 11.6 Å². The third-order valence-corrected chi connectivity index (χ3v) is 6.13. The molecule has 4 rings (SSSR count). The molecule has 38 heavy (non-hydrogen) atoms. The standard InChI is InChI=1S/C27H21ClF3NO6/c1-14-24(25(33)16-4-6-17(36-3)7-5-16)20-10-8-19(38-27(29,30)31)13-22(20)32(14)23-12-18(9-11-21(23)28)37-15(2)26(34)35/h4-13,15H,1-3H3,(H,34,35)/t15-/m0/s1. The molecule has 0 spiro atoms. The van der Waals surface area contributed by atoms with Crippen molar-refractivity contribution in [2.45, 2.75) is 26.3 Å². The highest BCUT2D eigenvalue weighted by molar-refractivity contribution is 6.32. The van der Waals surface area contributed by atoms with E-state index in [9.17, 15) is 27.9 Å². The molecule has 0 aliphatic rings. The Morgan fingerprint density at radius 3 is 2.21 bits per heavy atom. The lowest BCUT2D eigenvalue weighted by Crippen LogP contribution is -2.22. The Kier molecular flexibility index (Phi) is 7.28. The first-order valence-corrected chi connectivity index (χ1v) is 11.6. The van der Waals surface area contributed by atoms with Crippen LogP contribution in [0, 0.1) is 6.92 Å². The van der Waals surface area contributed by atoms with Crippen molar-refractivity contribution in [3.05, 3.63) is 82.5 Å². The number of carbonyl (C=O) groups is 2. The van der Waals surface area contributed by atoms with Gasteiger partial charge in [0.2, 0.25) is 0 Å². The fourth-order valence-corrected chi connectivity index (χ4v) is 4.27. The van der Waals surface area contributed by atoms with Gasteiger partial charge >= 0.3 is 12.3 Å². The summed E-state index contributed by atoms with van der Waals surface area (Å²) in [5.41, 5.74) is 1.44. The highest BCUT2D eigenvalue weighted by Crippen LogP contribution is 2.38. The predicted octanol–water partition coefficient (Wildman–Crippen LogP) is 6.58. The van der Waals surface area contributed by atoms with Crippen molar-refractivity contribution in [3.63, 3.8) is 0 Å². The number of aliphatic carboxylic acids is 1. The second-order valence-electron chi connectivity index (χ2n) is 8.29. The van der Waals surface area contributed by atoms with E-state index in [1.807, 2.05) is 0 Å². The van der Waals surface area contributed by atoms with E-state index in [1.54, 1.807) is 31.2 Å². The Morgan fingerprint density at radius 1 is 0.974 bits per heavy atom. The summed E-state index contributed by atoms with van der Waals surface area (Å²) in [7, 11) is 1.49. The molecule has 1 N–H and O–H groups in total. The number of halogens is 4. The highest BCUT2D eigenvalue weighted by atomic mass is 35.5. The summed E-state index contributed by atoms with van der Waals surface area (Å²) < 4.78 is 55.2. The Hall–Kier alpha value is -4.18. The molecular formula is C27H21ClF3NO6. The van der Waals surface area contributed by atoms with Crippen molar-refractivity contribution in [1.82, 2.24) is 4.57 Å². The largest absolute Gasteiger partial charge is 0.573 e. The molecule has 1 aromatic heterocycles. The van der Waals surface area contributed by atoms with E-state index < -0.39 is 24.2 Å². The van der Waals surface area contributed by atoms with Crippen LogP contribution in [-0.4, -0.2) is 41.0 Å². The normalized spacial score (nSPS) is 12.3. The van der Waals surface area contributed by atoms with Crippen LogP contribution in [0.1, 0.15) is 28.5 Å². The fourth-order valence-electron chi connectivity index (χ4n) is 4.07. The summed E-state index contributed by atoms with van der Waals surface area (Å²) in [6, 6.07) is 14.5. The Balaban J connectivity index is 1.94. The van der Waals surface area contributed by atoms with Crippen molar-refractivity contribution in [3.8, 4) is 22.9 Å². The summed E-state index contributed by atoms with van der Waals surface area (Å²) in [6.45, 7) is 2.98. The molecule has 0 unspecified atom stereocenters. The number of nitrogens with zero attached hydrogens (tertiary/aromatic N) is 1. The summed E-state index contributed by atoms with van der Waals surface area (Å²) in [5, 5.41) is 9.74. The summed E-state index contributed by atoms with van der Waals surface area (Å²) in [5.74, 6) is -1.35. The van der Waals surface area contributed by atoms with Gasteiger partial charge in [0.05, 0.1) is 28.9 Å². The first-order valence-electron chi connectivity index (χ1n) is 11.2. The maximum absolute atomic E-state index is 13.6. The van der Waals surface area contributed by atoms with E-state index in [-0.39, 0.29) is 33.3 Å². The van der Waals surface area contributed by atoms with Gasteiger partial charge in [-0.3, -0.25) is 4.79 Å². The quantitative estimate of drug-likeness (QED) is 0.251. The van der Waals surface area contributed by atoms with Crippen LogP contribution in [0.3, 0.4) is 0 Å². The highest BCUT2D eigenvalue weighted by Gasteiger charge is 2.32. The number of methoxy groups -OCH3 is 1. The molecular weight excluding hydrogens is 527 g/mol. The number of alkyl halides is 3. The molecule has 11 heteroatoms. The van der Waals surface area contributed by atoms with Crippen LogP contribution in [0.4, 0.5) is 13.2 Å². The van der Waals surface area contributed by atoms with E-state index in [0.717, 1.165) is 12.1 Å². The van der Waals surface area contributed by atoms with Crippen LogP contribution in [0.25, 0.3) is 16.6 Å². The Labute approximate surface area is 219 Å². The predicted molar refractivity (Wildman–Crippen MR) is 134 cm³/mol. The van der Waals surface area contributed by atoms with Crippen LogP contribution in [-0.2, 0) is 4.79 Å². The van der Waals surface area contributed by atoms with E-state index >= 15 is 0 Å². The number of aromatic nitrogens is 1. The SMILES string of the molecule is COc1ccc(C(=O)c2c(C)n(-c3cc(O[C@@H](C)C(=O)O)ccc3Cl)c3cc(OC(F)(F)F)ccc23)cc1. The minimum Gasteiger partial charge on any atom is -0.497 e. The zero-order chi connectivity index (χ0) is 27.8. The molecule has 4 aromatic rings. The second kappa shape index (κ2) is 10.3. The molecule has 0 saturated carbocycles. The van der Waals surface area contributed by atoms with Gasteiger partial charge in [0.1, 0.15) is 17.2 Å². The number of carboxylic acid groups (broad SMARTS) is 1. The minimum atomic E-state index is -4.93. The molecule has 3 aromatic carbocycles. The Morgan fingerprint density at radius 2 is 1.61 bits per heavy atom. The summed E-state index contributed by atoms with van der Waals surface area (Å²) in [6.07, 6.45) is -6.11. The number of hydrogen-bond donors (Lipinski definition) is 1. The molecule has 1 atom stereocenters. The minimum absolute atomic E-state index is 0.159. The molecule has 0 radical (unpaired) electrons. The summed E-state index contributed by atoms with van der Waals surface area (Å²) in [4.78, 5) is 24.9. The van der Waals surface area contributed by atoms with Crippen molar-refractivity contribution in [2.24, 2.45) is 0 Å².